The van der Waals surface area contributed by atoms with Gasteiger partial charge >= 0.3 is 0 Å². The molecule has 0 unspecified atom stereocenters. The standard InChI is InChI=1S/C20H19N5O7/c1-4-32-18-10-15(16(25(29)30)11-17(18)31-3)20(26)21-19-9-12(2)22-23(19)13-5-7-14(8-6-13)24(27)28/h5-11H,4H2,1-3H3,(H,21,26). The molecule has 166 valence electrons. The Morgan fingerprint density at radius 3 is 2.34 bits per heavy atom. The Balaban J connectivity index is 2.00. The highest BCUT2D eigenvalue weighted by molar-refractivity contribution is 6.07. The summed E-state index contributed by atoms with van der Waals surface area (Å²) >= 11 is 0. The quantitative estimate of drug-likeness (QED) is 0.411. The predicted octanol–water partition coefficient (Wildman–Crippen LogP) is 3.66. The van der Waals surface area contributed by atoms with E-state index in [1.165, 1.54) is 42.1 Å². The number of aryl methyl sites for hydroxylation is 1. The Kier molecular flexibility index (Phi) is 6.33. The van der Waals surface area contributed by atoms with Gasteiger partial charge in [0.05, 0.1) is 41.0 Å². The number of amides is 1. The van der Waals surface area contributed by atoms with Crippen molar-refractivity contribution in [2.24, 2.45) is 0 Å². The van der Waals surface area contributed by atoms with Gasteiger partial charge in [-0.05, 0) is 26.0 Å². The largest absolute Gasteiger partial charge is 0.493 e. The molecule has 3 rings (SSSR count). The maximum atomic E-state index is 13.0. The first-order chi connectivity index (χ1) is 15.2. The van der Waals surface area contributed by atoms with Gasteiger partial charge in [0.15, 0.2) is 11.5 Å². The average molecular weight is 441 g/mol. The third kappa shape index (κ3) is 4.48. The molecule has 0 saturated carbocycles. The first kappa shape index (κ1) is 22.2. The van der Waals surface area contributed by atoms with Crippen molar-refractivity contribution in [2.45, 2.75) is 13.8 Å². The van der Waals surface area contributed by atoms with Crippen LogP contribution >= 0.6 is 0 Å². The molecule has 1 aromatic heterocycles. The molecule has 0 saturated heterocycles. The molecule has 1 heterocycles. The van der Waals surface area contributed by atoms with Crippen LogP contribution in [0.3, 0.4) is 0 Å². The Labute approximate surface area is 181 Å². The van der Waals surface area contributed by atoms with E-state index in [0.29, 0.717) is 11.4 Å². The van der Waals surface area contributed by atoms with Gasteiger partial charge in [-0.25, -0.2) is 4.68 Å². The summed E-state index contributed by atoms with van der Waals surface area (Å²) in [6, 6.07) is 9.50. The van der Waals surface area contributed by atoms with Crippen LogP contribution in [-0.2, 0) is 0 Å². The predicted molar refractivity (Wildman–Crippen MR) is 114 cm³/mol. The number of non-ortho nitro benzene ring substituents is 1. The third-order valence-corrected chi connectivity index (χ3v) is 4.40. The fourth-order valence-electron chi connectivity index (χ4n) is 2.99. The second-order valence-corrected chi connectivity index (χ2v) is 6.52. The van der Waals surface area contributed by atoms with E-state index in [1.54, 1.807) is 19.9 Å². The van der Waals surface area contributed by atoms with Crippen LogP contribution < -0.4 is 14.8 Å². The van der Waals surface area contributed by atoms with E-state index in [-0.39, 0.29) is 35.2 Å². The van der Waals surface area contributed by atoms with Crippen molar-refractivity contribution in [2.75, 3.05) is 19.0 Å². The fourth-order valence-corrected chi connectivity index (χ4v) is 2.99. The second-order valence-electron chi connectivity index (χ2n) is 6.52. The van der Waals surface area contributed by atoms with Crippen molar-refractivity contribution in [3.8, 4) is 17.2 Å². The molecule has 3 aromatic rings. The van der Waals surface area contributed by atoms with E-state index in [1.807, 2.05) is 0 Å². The molecule has 1 amide bonds. The summed E-state index contributed by atoms with van der Waals surface area (Å²) in [5.74, 6) is -0.222. The number of ether oxygens (including phenoxy) is 2. The number of nitro groups is 2. The zero-order valence-electron chi connectivity index (χ0n) is 17.4. The molecular formula is C20H19N5O7. The first-order valence-corrected chi connectivity index (χ1v) is 9.37. The van der Waals surface area contributed by atoms with Crippen LogP contribution in [0.5, 0.6) is 11.5 Å². The number of methoxy groups -OCH3 is 1. The van der Waals surface area contributed by atoms with Crippen LogP contribution in [0, 0.1) is 27.2 Å². The van der Waals surface area contributed by atoms with Gasteiger partial charge in [-0.3, -0.25) is 25.0 Å². The number of carbonyl (C=O) groups is 1. The number of rotatable bonds is 8. The van der Waals surface area contributed by atoms with Gasteiger partial charge in [0, 0.05) is 24.3 Å². The van der Waals surface area contributed by atoms with Gasteiger partial charge < -0.3 is 14.8 Å². The number of anilines is 1. The van der Waals surface area contributed by atoms with Gasteiger partial charge in [0.25, 0.3) is 17.3 Å². The topological polar surface area (TPSA) is 152 Å². The second kappa shape index (κ2) is 9.12. The number of hydrogen-bond donors (Lipinski definition) is 1. The Morgan fingerprint density at radius 2 is 1.78 bits per heavy atom. The Morgan fingerprint density at radius 1 is 1.09 bits per heavy atom. The van der Waals surface area contributed by atoms with Gasteiger partial charge in [-0.1, -0.05) is 0 Å². The summed E-state index contributed by atoms with van der Waals surface area (Å²) in [6.07, 6.45) is 0. The molecule has 0 fully saturated rings. The van der Waals surface area contributed by atoms with E-state index >= 15 is 0 Å². The van der Waals surface area contributed by atoms with Crippen molar-refractivity contribution >= 4 is 23.1 Å². The lowest BCUT2D eigenvalue weighted by atomic mass is 10.1. The third-order valence-electron chi connectivity index (χ3n) is 4.40. The highest BCUT2D eigenvalue weighted by Crippen LogP contribution is 2.35. The molecule has 2 aromatic carbocycles. The average Bonchev–Trinajstić information content (AvgIpc) is 3.13. The maximum absolute atomic E-state index is 13.0. The highest BCUT2D eigenvalue weighted by Gasteiger charge is 2.26. The molecule has 0 bridgehead atoms. The lowest BCUT2D eigenvalue weighted by molar-refractivity contribution is -0.385. The highest BCUT2D eigenvalue weighted by atomic mass is 16.6. The number of nitro benzene ring substituents is 2. The van der Waals surface area contributed by atoms with Crippen molar-refractivity contribution in [3.05, 3.63) is 74.0 Å². The van der Waals surface area contributed by atoms with Gasteiger partial charge in [0.1, 0.15) is 11.4 Å². The molecule has 1 N–H and O–H groups in total. The van der Waals surface area contributed by atoms with Crippen LogP contribution in [0.2, 0.25) is 0 Å². The molecule has 0 aliphatic rings. The monoisotopic (exact) mass is 441 g/mol. The van der Waals surface area contributed by atoms with Crippen LogP contribution in [0.25, 0.3) is 5.69 Å². The van der Waals surface area contributed by atoms with E-state index in [4.69, 9.17) is 9.47 Å². The first-order valence-electron chi connectivity index (χ1n) is 9.37. The van der Waals surface area contributed by atoms with Crippen molar-refractivity contribution in [3.63, 3.8) is 0 Å². The van der Waals surface area contributed by atoms with Gasteiger partial charge in [-0.2, -0.15) is 5.10 Å². The SMILES string of the molecule is CCOc1cc(C(=O)Nc2cc(C)nn2-c2ccc([N+](=O)[O-])cc2)c([N+](=O)[O-])cc1OC. The molecule has 0 atom stereocenters. The lowest BCUT2D eigenvalue weighted by Gasteiger charge is -2.13. The molecule has 0 radical (unpaired) electrons. The number of hydrogen-bond acceptors (Lipinski definition) is 8. The summed E-state index contributed by atoms with van der Waals surface area (Å²) in [7, 11) is 1.34. The molecule has 0 spiro atoms. The normalized spacial score (nSPS) is 10.5. The number of nitrogens with zero attached hydrogens (tertiary/aromatic N) is 4. The minimum absolute atomic E-state index is 0.0967. The van der Waals surface area contributed by atoms with Crippen LogP contribution in [0.4, 0.5) is 17.2 Å². The van der Waals surface area contributed by atoms with Crippen LogP contribution in [-0.4, -0.2) is 39.3 Å². The molecule has 0 aliphatic heterocycles. The van der Waals surface area contributed by atoms with E-state index in [2.05, 4.69) is 10.4 Å². The van der Waals surface area contributed by atoms with Crippen molar-refractivity contribution in [1.29, 1.82) is 0 Å². The zero-order chi connectivity index (χ0) is 23.4. The summed E-state index contributed by atoms with van der Waals surface area (Å²) < 4.78 is 11.9. The molecule has 0 aliphatic carbocycles. The number of benzene rings is 2. The van der Waals surface area contributed by atoms with Gasteiger partial charge in [-0.15, -0.1) is 0 Å². The Hall–Kier alpha value is -4.48. The number of nitrogens with one attached hydrogen (secondary N) is 1. The minimum Gasteiger partial charge on any atom is -0.493 e. The molecule has 32 heavy (non-hydrogen) atoms. The van der Waals surface area contributed by atoms with E-state index < -0.39 is 21.4 Å². The summed E-state index contributed by atoms with van der Waals surface area (Å²) in [5, 5.41) is 29.3. The molecule has 12 nitrogen and oxygen atoms in total. The van der Waals surface area contributed by atoms with E-state index in [9.17, 15) is 25.0 Å². The summed E-state index contributed by atoms with van der Waals surface area (Å²) in [5.41, 5.74) is 0.228. The van der Waals surface area contributed by atoms with Gasteiger partial charge in [0.2, 0.25) is 0 Å². The summed E-state index contributed by atoms with van der Waals surface area (Å²) in [4.78, 5) is 34.2. The minimum atomic E-state index is -0.761. The number of aromatic nitrogens is 2. The van der Waals surface area contributed by atoms with Crippen LogP contribution in [0.15, 0.2) is 42.5 Å². The van der Waals surface area contributed by atoms with Crippen molar-refractivity contribution in [1.82, 2.24) is 9.78 Å². The molecular weight excluding hydrogens is 422 g/mol. The van der Waals surface area contributed by atoms with E-state index in [0.717, 1.165) is 6.07 Å². The molecule has 12 heteroatoms. The van der Waals surface area contributed by atoms with Crippen molar-refractivity contribution < 1.29 is 24.1 Å². The Bertz CT molecular complexity index is 1190. The van der Waals surface area contributed by atoms with Crippen LogP contribution in [0.1, 0.15) is 23.0 Å². The number of carbonyl (C=O) groups excluding carboxylic acids is 1. The maximum Gasteiger partial charge on any atom is 0.286 e. The summed E-state index contributed by atoms with van der Waals surface area (Å²) in [6.45, 7) is 3.69. The fraction of sp³-hybridized carbons (Fsp3) is 0.200. The smallest absolute Gasteiger partial charge is 0.286 e. The lowest BCUT2D eigenvalue weighted by Crippen LogP contribution is -2.17. The zero-order valence-corrected chi connectivity index (χ0v) is 17.4.